The van der Waals surface area contributed by atoms with Crippen molar-refractivity contribution in [2.75, 3.05) is 0 Å². The third-order valence-corrected chi connectivity index (χ3v) is 2.26. The second kappa shape index (κ2) is 3.62. The molecule has 0 bridgehead atoms. The van der Waals surface area contributed by atoms with Crippen molar-refractivity contribution in [3.05, 3.63) is 41.9 Å². The van der Waals surface area contributed by atoms with Gasteiger partial charge in [0.15, 0.2) is 0 Å². The molecule has 0 spiro atoms. The molecule has 0 atom stereocenters. The summed E-state index contributed by atoms with van der Waals surface area (Å²) in [4.78, 5) is 15.5. The lowest BCUT2D eigenvalue weighted by atomic mass is 10.2. The Kier molecular flexibility index (Phi) is 2.31. The van der Waals surface area contributed by atoms with Gasteiger partial charge in [-0.2, -0.15) is 0 Å². The summed E-state index contributed by atoms with van der Waals surface area (Å²) in [6, 6.07) is 5.27. The summed E-state index contributed by atoms with van der Waals surface area (Å²) in [7, 11) is 0. The van der Waals surface area contributed by atoms with E-state index in [-0.39, 0.29) is 5.78 Å². The van der Waals surface area contributed by atoms with E-state index in [4.69, 9.17) is 5.73 Å². The minimum atomic E-state index is -0.102. The van der Waals surface area contributed by atoms with Crippen molar-refractivity contribution in [3.8, 4) is 0 Å². The highest BCUT2D eigenvalue weighted by atomic mass is 16.1. The van der Waals surface area contributed by atoms with Crippen LogP contribution in [0.1, 0.15) is 23.3 Å². The zero-order chi connectivity index (χ0) is 9.97. The van der Waals surface area contributed by atoms with E-state index in [1.54, 1.807) is 24.4 Å². The zero-order valence-electron chi connectivity index (χ0n) is 7.81. The standard InChI is InChI=1S/C11H12N2O/c12-9(8-4-5-8)7-11(14)10-3-1-2-6-13-10/h1-3,6-8H,4-5,12H2/b9-7+. The number of hydrogen-bond donors (Lipinski definition) is 1. The summed E-state index contributed by atoms with van der Waals surface area (Å²) >= 11 is 0. The number of carbonyl (C=O) groups is 1. The van der Waals surface area contributed by atoms with Crippen molar-refractivity contribution < 1.29 is 4.79 Å². The molecule has 0 saturated heterocycles. The predicted molar refractivity (Wildman–Crippen MR) is 53.6 cm³/mol. The zero-order valence-corrected chi connectivity index (χ0v) is 7.81. The van der Waals surface area contributed by atoms with E-state index in [0.717, 1.165) is 12.8 Å². The summed E-state index contributed by atoms with van der Waals surface area (Å²) in [6.07, 6.45) is 5.32. The normalized spacial score (nSPS) is 16.7. The molecule has 1 aromatic rings. The Morgan fingerprint density at radius 1 is 1.50 bits per heavy atom. The number of allylic oxidation sites excluding steroid dienone is 2. The maximum Gasteiger partial charge on any atom is 0.205 e. The fourth-order valence-corrected chi connectivity index (χ4v) is 1.27. The molecule has 0 aromatic carbocycles. The van der Waals surface area contributed by atoms with Gasteiger partial charge in [-0.1, -0.05) is 6.07 Å². The van der Waals surface area contributed by atoms with Crippen LogP contribution in [0.5, 0.6) is 0 Å². The van der Waals surface area contributed by atoms with Gasteiger partial charge >= 0.3 is 0 Å². The lowest BCUT2D eigenvalue weighted by Gasteiger charge is -1.97. The molecule has 0 aliphatic heterocycles. The molecule has 2 rings (SSSR count). The maximum atomic E-state index is 11.6. The van der Waals surface area contributed by atoms with E-state index in [9.17, 15) is 4.79 Å². The fourth-order valence-electron chi connectivity index (χ4n) is 1.27. The molecule has 1 saturated carbocycles. The van der Waals surface area contributed by atoms with Crippen LogP contribution in [-0.2, 0) is 0 Å². The first-order valence-electron chi connectivity index (χ1n) is 4.70. The molecule has 72 valence electrons. The molecule has 0 radical (unpaired) electrons. The van der Waals surface area contributed by atoms with Crippen LogP contribution in [0.15, 0.2) is 36.2 Å². The van der Waals surface area contributed by atoms with Crippen LogP contribution in [0.2, 0.25) is 0 Å². The third-order valence-electron chi connectivity index (χ3n) is 2.26. The van der Waals surface area contributed by atoms with Gasteiger partial charge in [0.2, 0.25) is 5.78 Å². The van der Waals surface area contributed by atoms with Crippen LogP contribution >= 0.6 is 0 Å². The SMILES string of the molecule is N/C(=C/C(=O)c1ccccn1)C1CC1. The summed E-state index contributed by atoms with van der Waals surface area (Å²) in [5.74, 6) is 0.331. The largest absolute Gasteiger partial charge is 0.402 e. The summed E-state index contributed by atoms with van der Waals surface area (Å²) in [5.41, 5.74) is 6.88. The molecular formula is C11H12N2O. The quantitative estimate of drug-likeness (QED) is 0.578. The fraction of sp³-hybridized carbons (Fsp3) is 0.273. The van der Waals surface area contributed by atoms with Crippen LogP contribution in [0.4, 0.5) is 0 Å². The highest BCUT2D eigenvalue weighted by molar-refractivity contribution is 6.03. The number of rotatable bonds is 3. The Morgan fingerprint density at radius 2 is 2.29 bits per heavy atom. The van der Waals surface area contributed by atoms with Gasteiger partial charge in [-0.3, -0.25) is 9.78 Å². The van der Waals surface area contributed by atoms with Gasteiger partial charge in [0.25, 0.3) is 0 Å². The van der Waals surface area contributed by atoms with Crippen molar-refractivity contribution in [1.29, 1.82) is 0 Å². The highest BCUT2D eigenvalue weighted by Crippen LogP contribution is 2.33. The smallest absolute Gasteiger partial charge is 0.205 e. The Bertz CT molecular complexity index is 366. The van der Waals surface area contributed by atoms with E-state index < -0.39 is 0 Å². The van der Waals surface area contributed by atoms with Gasteiger partial charge in [0.05, 0.1) is 0 Å². The Hall–Kier alpha value is -1.64. The molecular weight excluding hydrogens is 176 g/mol. The molecule has 0 unspecified atom stereocenters. The molecule has 3 nitrogen and oxygen atoms in total. The van der Waals surface area contributed by atoms with Crippen molar-refractivity contribution in [3.63, 3.8) is 0 Å². The summed E-state index contributed by atoms with van der Waals surface area (Å²) in [6.45, 7) is 0. The topological polar surface area (TPSA) is 56.0 Å². The second-order valence-electron chi connectivity index (χ2n) is 3.50. The second-order valence-corrected chi connectivity index (χ2v) is 3.50. The molecule has 3 heteroatoms. The average molecular weight is 188 g/mol. The molecule has 1 heterocycles. The monoisotopic (exact) mass is 188 g/mol. The number of ketones is 1. The number of carbonyl (C=O) groups excluding carboxylic acids is 1. The molecule has 1 aromatic heterocycles. The molecule has 2 N–H and O–H groups in total. The van der Waals surface area contributed by atoms with Gasteiger partial charge in [-0.15, -0.1) is 0 Å². The van der Waals surface area contributed by atoms with Gasteiger partial charge in [-0.05, 0) is 30.9 Å². The van der Waals surface area contributed by atoms with Gasteiger partial charge in [0, 0.05) is 18.0 Å². The first kappa shape index (κ1) is 8.94. The Labute approximate surface area is 82.6 Å². The van der Waals surface area contributed by atoms with Crippen molar-refractivity contribution in [2.45, 2.75) is 12.8 Å². The number of aromatic nitrogens is 1. The van der Waals surface area contributed by atoms with E-state index in [2.05, 4.69) is 4.98 Å². The van der Waals surface area contributed by atoms with Crippen LogP contribution in [0.3, 0.4) is 0 Å². The lowest BCUT2D eigenvalue weighted by Crippen LogP contribution is -2.05. The van der Waals surface area contributed by atoms with Gasteiger partial charge in [0.1, 0.15) is 5.69 Å². The van der Waals surface area contributed by atoms with Crippen LogP contribution in [0, 0.1) is 5.92 Å². The van der Waals surface area contributed by atoms with E-state index >= 15 is 0 Å². The summed E-state index contributed by atoms with van der Waals surface area (Å²) in [5, 5.41) is 0. The van der Waals surface area contributed by atoms with Crippen molar-refractivity contribution in [1.82, 2.24) is 4.98 Å². The molecule has 0 amide bonds. The predicted octanol–water partition coefficient (Wildman–Crippen LogP) is 1.52. The highest BCUT2D eigenvalue weighted by Gasteiger charge is 2.24. The van der Waals surface area contributed by atoms with E-state index in [0.29, 0.717) is 17.3 Å². The number of nitrogens with zero attached hydrogens (tertiary/aromatic N) is 1. The van der Waals surface area contributed by atoms with Crippen LogP contribution < -0.4 is 5.73 Å². The molecule has 1 aliphatic rings. The minimum Gasteiger partial charge on any atom is -0.402 e. The van der Waals surface area contributed by atoms with Gasteiger partial charge < -0.3 is 5.73 Å². The first-order chi connectivity index (χ1) is 6.77. The third kappa shape index (κ3) is 1.99. The molecule has 1 aliphatic carbocycles. The van der Waals surface area contributed by atoms with Crippen molar-refractivity contribution in [2.24, 2.45) is 11.7 Å². The Balaban J connectivity index is 2.12. The minimum absolute atomic E-state index is 0.102. The molecule has 14 heavy (non-hydrogen) atoms. The summed E-state index contributed by atoms with van der Waals surface area (Å²) < 4.78 is 0. The van der Waals surface area contributed by atoms with Gasteiger partial charge in [-0.25, -0.2) is 0 Å². The Morgan fingerprint density at radius 3 is 2.86 bits per heavy atom. The maximum absolute atomic E-state index is 11.6. The first-order valence-corrected chi connectivity index (χ1v) is 4.70. The number of hydrogen-bond acceptors (Lipinski definition) is 3. The van der Waals surface area contributed by atoms with Crippen LogP contribution in [-0.4, -0.2) is 10.8 Å². The average Bonchev–Trinajstić information content (AvgIpc) is 3.02. The van der Waals surface area contributed by atoms with Crippen LogP contribution in [0.25, 0.3) is 0 Å². The van der Waals surface area contributed by atoms with E-state index in [1.165, 1.54) is 6.08 Å². The number of pyridine rings is 1. The van der Waals surface area contributed by atoms with Crippen molar-refractivity contribution >= 4 is 5.78 Å². The van der Waals surface area contributed by atoms with E-state index in [1.807, 2.05) is 0 Å². The number of nitrogens with two attached hydrogens (primary N) is 1. The molecule has 1 fully saturated rings. The lowest BCUT2D eigenvalue weighted by molar-refractivity contribution is 0.104.